The number of carbonyl (C=O) groups is 1. The molecule has 0 spiro atoms. The Morgan fingerprint density at radius 1 is 0.941 bits per heavy atom. The lowest BCUT2D eigenvalue weighted by Crippen LogP contribution is -1.82. The summed E-state index contributed by atoms with van der Waals surface area (Å²) in [5, 5.41) is 0.994. The van der Waals surface area contributed by atoms with E-state index in [1.54, 1.807) is 6.20 Å². The van der Waals surface area contributed by atoms with Crippen LogP contribution in [0.5, 0.6) is 0 Å². The molecule has 2 heteroatoms. The van der Waals surface area contributed by atoms with Gasteiger partial charge in [-0.15, -0.1) is 0 Å². The van der Waals surface area contributed by atoms with Crippen LogP contribution in [-0.4, -0.2) is 11.3 Å². The number of H-pyrrole nitrogens is 1. The molecule has 0 radical (unpaired) electrons. The molecule has 17 heavy (non-hydrogen) atoms. The van der Waals surface area contributed by atoms with Crippen molar-refractivity contribution in [2.45, 2.75) is 0 Å². The number of aromatic amines is 1. The van der Waals surface area contributed by atoms with Crippen LogP contribution in [0, 0.1) is 0 Å². The van der Waals surface area contributed by atoms with Crippen LogP contribution >= 0.6 is 0 Å². The molecule has 0 saturated heterocycles. The molecule has 2 aromatic carbocycles. The summed E-state index contributed by atoms with van der Waals surface area (Å²) in [5.74, 6) is 0. The lowest BCUT2D eigenvalue weighted by Gasteiger charge is -2.04. The van der Waals surface area contributed by atoms with Crippen molar-refractivity contribution in [3.8, 4) is 11.1 Å². The Morgan fingerprint density at radius 3 is 2.53 bits per heavy atom. The Hall–Kier alpha value is -2.35. The van der Waals surface area contributed by atoms with Crippen molar-refractivity contribution in [2.24, 2.45) is 0 Å². The average Bonchev–Trinajstić information content (AvgIpc) is 2.82. The largest absolute Gasteiger partial charge is 0.360 e. The molecule has 0 amide bonds. The molecule has 0 aliphatic rings. The van der Waals surface area contributed by atoms with Crippen LogP contribution in [0.1, 0.15) is 10.4 Å². The van der Waals surface area contributed by atoms with Gasteiger partial charge in [-0.2, -0.15) is 0 Å². The molecule has 0 atom stereocenters. The second-order valence-electron chi connectivity index (χ2n) is 3.96. The van der Waals surface area contributed by atoms with Crippen LogP contribution in [0.2, 0.25) is 0 Å². The van der Waals surface area contributed by atoms with E-state index in [-0.39, 0.29) is 0 Å². The molecule has 3 rings (SSSR count). The molecule has 0 unspecified atom stereocenters. The highest BCUT2D eigenvalue weighted by atomic mass is 16.1. The zero-order chi connectivity index (χ0) is 11.7. The van der Waals surface area contributed by atoms with Gasteiger partial charge in [0.25, 0.3) is 0 Å². The minimum Gasteiger partial charge on any atom is -0.360 e. The van der Waals surface area contributed by atoms with Gasteiger partial charge in [0.05, 0.1) is 0 Å². The van der Waals surface area contributed by atoms with Gasteiger partial charge < -0.3 is 4.98 Å². The van der Waals surface area contributed by atoms with Gasteiger partial charge in [0.15, 0.2) is 6.29 Å². The molecule has 0 bridgehead atoms. The molecule has 1 N–H and O–H groups in total. The van der Waals surface area contributed by atoms with Gasteiger partial charge in [-0.05, 0) is 17.2 Å². The fourth-order valence-electron chi connectivity index (χ4n) is 2.16. The van der Waals surface area contributed by atoms with E-state index in [1.165, 1.54) is 0 Å². The third-order valence-corrected chi connectivity index (χ3v) is 2.95. The average molecular weight is 221 g/mol. The molecule has 2 nitrogen and oxygen atoms in total. The van der Waals surface area contributed by atoms with E-state index >= 15 is 0 Å². The minimum absolute atomic E-state index is 0.708. The zero-order valence-electron chi connectivity index (χ0n) is 9.18. The number of hydrogen-bond donors (Lipinski definition) is 1. The van der Waals surface area contributed by atoms with Gasteiger partial charge in [-0.3, -0.25) is 4.79 Å². The summed E-state index contributed by atoms with van der Waals surface area (Å²) in [6.45, 7) is 0. The predicted octanol–water partition coefficient (Wildman–Crippen LogP) is 3.65. The first-order valence-electron chi connectivity index (χ1n) is 5.51. The normalized spacial score (nSPS) is 10.6. The molecule has 1 heterocycles. The summed E-state index contributed by atoms with van der Waals surface area (Å²) in [6.07, 6.45) is 2.65. The number of aldehydes is 1. The monoisotopic (exact) mass is 221 g/mol. The van der Waals surface area contributed by atoms with Crippen molar-refractivity contribution >= 4 is 17.2 Å². The third kappa shape index (κ3) is 1.54. The van der Waals surface area contributed by atoms with Crippen molar-refractivity contribution in [3.05, 3.63) is 60.3 Å². The summed E-state index contributed by atoms with van der Waals surface area (Å²) in [5.41, 5.74) is 3.92. The molecule has 0 fully saturated rings. The first kappa shape index (κ1) is 9.85. The summed E-state index contributed by atoms with van der Waals surface area (Å²) in [4.78, 5) is 14.2. The van der Waals surface area contributed by atoms with Crippen molar-refractivity contribution < 1.29 is 4.79 Å². The molecule has 0 aliphatic carbocycles. The van der Waals surface area contributed by atoms with E-state index in [0.717, 1.165) is 28.3 Å². The topological polar surface area (TPSA) is 32.9 Å². The van der Waals surface area contributed by atoms with Crippen molar-refractivity contribution in [2.75, 3.05) is 0 Å². The summed E-state index contributed by atoms with van der Waals surface area (Å²) >= 11 is 0. The molecule has 82 valence electrons. The lowest BCUT2D eigenvalue weighted by atomic mass is 10.00. The highest BCUT2D eigenvalue weighted by Crippen LogP contribution is 2.30. The van der Waals surface area contributed by atoms with Crippen molar-refractivity contribution in [1.82, 2.24) is 4.98 Å². The third-order valence-electron chi connectivity index (χ3n) is 2.95. The maximum atomic E-state index is 11.0. The first-order chi connectivity index (χ1) is 8.40. The Morgan fingerprint density at radius 2 is 1.76 bits per heavy atom. The Balaban J connectivity index is 2.36. The molecule has 1 aromatic heterocycles. The van der Waals surface area contributed by atoms with Gasteiger partial charge in [0.1, 0.15) is 0 Å². The number of rotatable bonds is 2. The van der Waals surface area contributed by atoms with Crippen LogP contribution in [0.3, 0.4) is 0 Å². The highest BCUT2D eigenvalue weighted by Gasteiger charge is 2.08. The van der Waals surface area contributed by atoms with E-state index in [2.05, 4.69) is 17.1 Å². The second-order valence-corrected chi connectivity index (χ2v) is 3.96. The van der Waals surface area contributed by atoms with E-state index in [4.69, 9.17) is 0 Å². The zero-order valence-corrected chi connectivity index (χ0v) is 9.18. The summed E-state index contributed by atoms with van der Waals surface area (Å²) < 4.78 is 0. The molecular weight excluding hydrogens is 210 g/mol. The number of fused-ring (bicyclic) bond motifs is 1. The highest BCUT2D eigenvalue weighted by molar-refractivity contribution is 6.05. The second kappa shape index (κ2) is 3.91. The number of hydrogen-bond acceptors (Lipinski definition) is 1. The van der Waals surface area contributed by atoms with Crippen LogP contribution < -0.4 is 0 Å². The van der Waals surface area contributed by atoms with Crippen LogP contribution in [0.15, 0.2) is 54.7 Å². The SMILES string of the molecule is O=Cc1c[nH]c2cccc(-c3ccccc3)c12. The van der Waals surface area contributed by atoms with Crippen LogP contribution in [0.4, 0.5) is 0 Å². The van der Waals surface area contributed by atoms with Crippen molar-refractivity contribution in [3.63, 3.8) is 0 Å². The molecular formula is C15H11NO. The van der Waals surface area contributed by atoms with Gasteiger partial charge >= 0.3 is 0 Å². The van der Waals surface area contributed by atoms with Crippen LogP contribution in [-0.2, 0) is 0 Å². The number of carbonyl (C=O) groups excluding carboxylic acids is 1. The maximum absolute atomic E-state index is 11.0. The van der Waals surface area contributed by atoms with E-state index in [0.29, 0.717) is 5.56 Å². The number of benzene rings is 2. The molecule has 0 aliphatic heterocycles. The van der Waals surface area contributed by atoms with Gasteiger partial charge in [-0.1, -0.05) is 42.5 Å². The number of aromatic nitrogens is 1. The van der Waals surface area contributed by atoms with Crippen LogP contribution in [0.25, 0.3) is 22.0 Å². The number of nitrogens with one attached hydrogen (secondary N) is 1. The van der Waals surface area contributed by atoms with E-state index < -0.39 is 0 Å². The fourth-order valence-corrected chi connectivity index (χ4v) is 2.16. The fraction of sp³-hybridized carbons (Fsp3) is 0. The standard InChI is InChI=1S/C15H11NO/c17-10-12-9-16-14-8-4-7-13(15(12)14)11-5-2-1-3-6-11/h1-10,16H. The van der Waals surface area contributed by atoms with Gasteiger partial charge in [-0.25, -0.2) is 0 Å². The van der Waals surface area contributed by atoms with Gasteiger partial charge in [0.2, 0.25) is 0 Å². The Labute approximate surface area is 98.9 Å². The Bertz CT molecular complexity index is 668. The minimum atomic E-state index is 0.708. The molecule has 0 saturated carbocycles. The first-order valence-corrected chi connectivity index (χ1v) is 5.51. The van der Waals surface area contributed by atoms with E-state index in [9.17, 15) is 4.79 Å². The summed E-state index contributed by atoms with van der Waals surface area (Å²) in [6, 6.07) is 16.1. The summed E-state index contributed by atoms with van der Waals surface area (Å²) in [7, 11) is 0. The Kier molecular flexibility index (Phi) is 2.26. The molecule has 3 aromatic rings. The smallest absolute Gasteiger partial charge is 0.152 e. The maximum Gasteiger partial charge on any atom is 0.152 e. The lowest BCUT2D eigenvalue weighted by molar-refractivity contribution is 0.112. The van der Waals surface area contributed by atoms with Gasteiger partial charge in [0, 0.05) is 22.7 Å². The predicted molar refractivity (Wildman–Crippen MR) is 69.1 cm³/mol. The van der Waals surface area contributed by atoms with Crippen molar-refractivity contribution in [1.29, 1.82) is 0 Å². The van der Waals surface area contributed by atoms with E-state index in [1.807, 2.05) is 36.4 Å². The quantitative estimate of drug-likeness (QED) is 0.658.